The molecule has 32 heavy (non-hydrogen) atoms. The van der Waals surface area contributed by atoms with Crippen molar-refractivity contribution in [1.82, 2.24) is 25.1 Å². The fourth-order valence-corrected chi connectivity index (χ4v) is 4.32. The Balaban J connectivity index is 1.32. The molecular formula is C25H32N6O. The molecule has 0 atom stereocenters. The predicted molar refractivity (Wildman–Crippen MR) is 126 cm³/mol. The van der Waals surface area contributed by atoms with E-state index in [-0.39, 0.29) is 5.91 Å². The second-order valence-corrected chi connectivity index (χ2v) is 8.43. The summed E-state index contributed by atoms with van der Waals surface area (Å²) in [6.07, 6.45) is 7.08. The van der Waals surface area contributed by atoms with Gasteiger partial charge in [-0.2, -0.15) is 5.10 Å². The zero-order valence-electron chi connectivity index (χ0n) is 19.0. The third kappa shape index (κ3) is 5.33. The topological polar surface area (TPSA) is 75.9 Å². The standard InChI is InChI=1S/C25H32N6O/c1-19-22(12-13-25(32)26-14-8-11-21-9-4-3-5-10-21)20(2)31(29-19)24-17-23(27-18-28-24)30-15-6-7-16-30/h3-5,9-10,17-18H,6-8,11-16H2,1-2H3,(H,26,32). The van der Waals surface area contributed by atoms with E-state index in [0.717, 1.165) is 54.5 Å². The fraction of sp³-hybridized carbons (Fsp3) is 0.440. The van der Waals surface area contributed by atoms with E-state index < -0.39 is 0 Å². The zero-order chi connectivity index (χ0) is 22.3. The van der Waals surface area contributed by atoms with Crippen molar-refractivity contribution >= 4 is 11.7 Å². The number of amides is 1. The van der Waals surface area contributed by atoms with Crippen LogP contribution in [-0.2, 0) is 17.6 Å². The Labute approximate surface area is 189 Å². The molecule has 168 valence electrons. The maximum Gasteiger partial charge on any atom is 0.220 e. The summed E-state index contributed by atoms with van der Waals surface area (Å²) in [4.78, 5) is 23.5. The number of benzene rings is 1. The van der Waals surface area contributed by atoms with Crippen LogP contribution < -0.4 is 10.2 Å². The molecule has 0 unspecified atom stereocenters. The lowest BCUT2D eigenvalue weighted by molar-refractivity contribution is -0.121. The first-order valence-electron chi connectivity index (χ1n) is 11.5. The van der Waals surface area contributed by atoms with Gasteiger partial charge in [-0.05, 0) is 57.1 Å². The van der Waals surface area contributed by atoms with Crippen molar-refractivity contribution in [3.63, 3.8) is 0 Å². The minimum Gasteiger partial charge on any atom is -0.356 e. The summed E-state index contributed by atoms with van der Waals surface area (Å²) in [6.45, 7) is 6.83. The molecule has 3 heterocycles. The minimum atomic E-state index is 0.0861. The normalized spacial score (nSPS) is 13.5. The largest absolute Gasteiger partial charge is 0.356 e. The van der Waals surface area contributed by atoms with Crippen LogP contribution in [0.1, 0.15) is 48.2 Å². The summed E-state index contributed by atoms with van der Waals surface area (Å²) in [5, 5.41) is 7.76. The lowest BCUT2D eigenvalue weighted by Gasteiger charge is -2.16. The summed E-state index contributed by atoms with van der Waals surface area (Å²) in [6, 6.07) is 12.4. The van der Waals surface area contributed by atoms with Crippen LogP contribution >= 0.6 is 0 Å². The molecule has 0 saturated carbocycles. The minimum absolute atomic E-state index is 0.0861. The highest BCUT2D eigenvalue weighted by Crippen LogP contribution is 2.22. The maximum absolute atomic E-state index is 12.4. The van der Waals surface area contributed by atoms with E-state index in [1.165, 1.54) is 18.4 Å². The van der Waals surface area contributed by atoms with E-state index in [9.17, 15) is 4.79 Å². The molecule has 1 N–H and O–H groups in total. The van der Waals surface area contributed by atoms with Crippen LogP contribution in [0.15, 0.2) is 42.7 Å². The molecule has 3 aromatic rings. The van der Waals surface area contributed by atoms with E-state index in [1.54, 1.807) is 6.33 Å². The summed E-state index contributed by atoms with van der Waals surface area (Å²) in [5.74, 6) is 1.82. The van der Waals surface area contributed by atoms with Gasteiger partial charge in [-0.25, -0.2) is 14.6 Å². The number of aryl methyl sites for hydroxylation is 2. The second-order valence-electron chi connectivity index (χ2n) is 8.43. The number of nitrogens with one attached hydrogen (secondary N) is 1. The highest BCUT2D eigenvalue weighted by atomic mass is 16.1. The third-order valence-electron chi connectivity index (χ3n) is 6.14. The Morgan fingerprint density at radius 2 is 1.78 bits per heavy atom. The molecule has 1 aliphatic rings. The van der Waals surface area contributed by atoms with Gasteiger partial charge < -0.3 is 10.2 Å². The number of carbonyl (C=O) groups excluding carboxylic acids is 1. The summed E-state index contributed by atoms with van der Waals surface area (Å²) >= 11 is 0. The smallest absolute Gasteiger partial charge is 0.220 e. The molecule has 0 bridgehead atoms. The molecule has 4 rings (SSSR count). The number of rotatable bonds is 9. The van der Waals surface area contributed by atoms with Crippen LogP contribution in [0, 0.1) is 13.8 Å². The highest BCUT2D eigenvalue weighted by Gasteiger charge is 2.18. The van der Waals surface area contributed by atoms with Crippen LogP contribution in [0.5, 0.6) is 0 Å². The Bertz CT molecular complexity index is 1040. The second kappa shape index (κ2) is 10.4. The van der Waals surface area contributed by atoms with Gasteiger partial charge in [0.05, 0.1) is 5.69 Å². The van der Waals surface area contributed by atoms with Crippen molar-refractivity contribution in [3.05, 3.63) is 65.2 Å². The van der Waals surface area contributed by atoms with Gasteiger partial charge >= 0.3 is 0 Å². The third-order valence-corrected chi connectivity index (χ3v) is 6.14. The molecule has 7 heteroatoms. The van der Waals surface area contributed by atoms with E-state index in [4.69, 9.17) is 5.10 Å². The van der Waals surface area contributed by atoms with Gasteiger partial charge in [-0.15, -0.1) is 0 Å². The van der Waals surface area contributed by atoms with Crippen molar-refractivity contribution in [2.24, 2.45) is 0 Å². The lowest BCUT2D eigenvalue weighted by atomic mass is 10.1. The summed E-state index contributed by atoms with van der Waals surface area (Å²) in [5.41, 5.74) is 4.40. The number of carbonyl (C=O) groups is 1. The molecular weight excluding hydrogens is 400 g/mol. The molecule has 7 nitrogen and oxygen atoms in total. The Kier molecular flexibility index (Phi) is 7.14. The maximum atomic E-state index is 12.4. The molecule has 1 amide bonds. The van der Waals surface area contributed by atoms with Gasteiger partial charge in [0.15, 0.2) is 5.82 Å². The van der Waals surface area contributed by atoms with Crippen molar-refractivity contribution in [2.75, 3.05) is 24.5 Å². The first kappa shape index (κ1) is 22.0. The molecule has 1 aliphatic heterocycles. The molecule has 0 aliphatic carbocycles. The van der Waals surface area contributed by atoms with Crippen molar-refractivity contribution < 1.29 is 4.79 Å². The van der Waals surface area contributed by atoms with Crippen molar-refractivity contribution in [2.45, 2.75) is 52.4 Å². The van der Waals surface area contributed by atoms with E-state index >= 15 is 0 Å². The molecule has 0 radical (unpaired) electrons. The predicted octanol–water partition coefficient (Wildman–Crippen LogP) is 3.56. The molecule has 0 spiro atoms. The molecule has 2 aromatic heterocycles. The lowest BCUT2D eigenvalue weighted by Crippen LogP contribution is -2.25. The monoisotopic (exact) mass is 432 g/mol. The first-order valence-corrected chi connectivity index (χ1v) is 11.5. The van der Waals surface area contributed by atoms with Gasteiger partial charge in [0.2, 0.25) is 5.91 Å². The number of hydrogen-bond donors (Lipinski definition) is 1. The van der Waals surface area contributed by atoms with Crippen LogP contribution in [0.2, 0.25) is 0 Å². The van der Waals surface area contributed by atoms with Crippen LogP contribution in [-0.4, -0.2) is 45.3 Å². The summed E-state index contributed by atoms with van der Waals surface area (Å²) in [7, 11) is 0. The average molecular weight is 433 g/mol. The van der Waals surface area contributed by atoms with Crippen molar-refractivity contribution in [3.8, 4) is 5.82 Å². The Morgan fingerprint density at radius 3 is 2.56 bits per heavy atom. The van der Waals surface area contributed by atoms with Crippen LogP contribution in [0.3, 0.4) is 0 Å². The SMILES string of the molecule is Cc1nn(-c2cc(N3CCCC3)ncn2)c(C)c1CCC(=O)NCCCc1ccccc1. The number of nitrogens with zero attached hydrogens (tertiary/aromatic N) is 5. The number of aromatic nitrogens is 4. The highest BCUT2D eigenvalue weighted by molar-refractivity contribution is 5.76. The average Bonchev–Trinajstić information content (AvgIpc) is 3.45. The van der Waals surface area contributed by atoms with Gasteiger partial charge in [0.25, 0.3) is 0 Å². The van der Waals surface area contributed by atoms with E-state index in [0.29, 0.717) is 19.4 Å². The van der Waals surface area contributed by atoms with E-state index in [1.807, 2.05) is 42.8 Å². The van der Waals surface area contributed by atoms with Gasteiger partial charge in [-0.1, -0.05) is 30.3 Å². The van der Waals surface area contributed by atoms with E-state index in [2.05, 4.69) is 32.3 Å². The fourth-order valence-electron chi connectivity index (χ4n) is 4.32. The Morgan fingerprint density at radius 1 is 1.03 bits per heavy atom. The van der Waals surface area contributed by atoms with Crippen molar-refractivity contribution in [1.29, 1.82) is 0 Å². The Hall–Kier alpha value is -3.22. The molecule has 1 saturated heterocycles. The molecule has 1 fully saturated rings. The van der Waals surface area contributed by atoms with Gasteiger partial charge in [-0.3, -0.25) is 4.79 Å². The quantitative estimate of drug-likeness (QED) is 0.523. The van der Waals surface area contributed by atoms with Crippen LogP contribution in [0.25, 0.3) is 5.82 Å². The number of anilines is 1. The van der Waals surface area contributed by atoms with Gasteiger partial charge in [0.1, 0.15) is 12.1 Å². The number of hydrogen-bond acceptors (Lipinski definition) is 5. The summed E-state index contributed by atoms with van der Waals surface area (Å²) < 4.78 is 1.88. The van der Waals surface area contributed by atoms with Crippen LogP contribution in [0.4, 0.5) is 5.82 Å². The first-order chi connectivity index (χ1) is 15.6. The molecule has 1 aromatic carbocycles. The zero-order valence-corrected chi connectivity index (χ0v) is 19.0. The van der Waals surface area contributed by atoms with Gasteiger partial charge in [0, 0.05) is 37.8 Å².